The van der Waals surface area contributed by atoms with E-state index < -0.39 is 12.1 Å². The SMILES string of the molecule is C[C@@H](Cc1ccc(-c2ccc(C#N)cc2)cc1)NC(=O)C1Cc2cc3c(cc2CN1Cc1ncc[nH]1)O[C@@H](c1ccc(OCc2ccc(Cl)c(Cl)c2)cc1)C(=O)N3. The van der Waals surface area contributed by atoms with Crippen LogP contribution < -0.4 is 20.1 Å². The van der Waals surface area contributed by atoms with E-state index >= 15 is 0 Å². The van der Waals surface area contributed by atoms with Crippen LogP contribution in [-0.2, 0) is 42.1 Å². The van der Waals surface area contributed by atoms with Crippen LogP contribution in [0.5, 0.6) is 11.5 Å². The Morgan fingerprint density at radius 2 is 1.70 bits per heavy atom. The quantitative estimate of drug-likeness (QED) is 0.120. The van der Waals surface area contributed by atoms with Crippen molar-refractivity contribution >= 4 is 40.7 Å². The van der Waals surface area contributed by atoms with E-state index in [1.54, 1.807) is 36.7 Å². The number of carbonyl (C=O) groups excluding carboxylic acids is 2. The van der Waals surface area contributed by atoms with Crippen LogP contribution in [0, 0.1) is 11.3 Å². The number of rotatable bonds is 11. The molecule has 2 aliphatic heterocycles. The summed E-state index contributed by atoms with van der Waals surface area (Å²) in [7, 11) is 0. The Morgan fingerprint density at radius 1 is 0.965 bits per heavy atom. The van der Waals surface area contributed by atoms with Crippen LogP contribution in [0.1, 0.15) is 52.2 Å². The lowest BCUT2D eigenvalue weighted by atomic mass is 9.91. The van der Waals surface area contributed by atoms with Gasteiger partial charge in [-0.2, -0.15) is 5.26 Å². The molecule has 0 saturated heterocycles. The molecule has 5 aromatic carbocycles. The molecular weight excluding hydrogens is 759 g/mol. The number of amides is 2. The number of hydrogen-bond donors (Lipinski definition) is 3. The minimum absolute atomic E-state index is 0.0728. The molecule has 286 valence electrons. The standard InChI is InChI=1S/C45H38Cl2N6O4/c1-27(18-28-2-7-31(8-3-28)32-9-4-29(23-48)5-10-32)51-44(54)40-21-34-20-39-41(22-35(34)24-53(40)25-42-49-16-17-50-42)57-43(45(55)52-39)33-11-13-36(14-12-33)56-26-30-6-15-37(46)38(47)19-30/h2-17,19-20,22,27,40,43H,18,21,24-26H2,1H3,(H,49,50)(H,51,54)(H,52,55)/t27-,40?,43-/m0/s1. The number of carbonyl (C=O) groups is 2. The summed E-state index contributed by atoms with van der Waals surface area (Å²) >= 11 is 12.2. The molecule has 0 spiro atoms. The second-order valence-corrected chi connectivity index (χ2v) is 15.2. The molecular formula is C45H38Cl2N6O4. The molecule has 0 bridgehead atoms. The van der Waals surface area contributed by atoms with Crippen LogP contribution in [-0.4, -0.2) is 38.8 Å². The first kappa shape index (κ1) is 37.8. The molecule has 12 heteroatoms. The van der Waals surface area contributed by atoms with Crippen molar-refractivity contribution in [2.45, 2.75) is 57.6 Å². The van der Waals surface area contributed by atoms with Gasteiger partial charge in [0.1, 0.15) is 23.9 Å². The molecule has 2 amide bonds. The smallest absolute Gasteiger partial charge is 0.270 e. The van der Waals surface area contributed by atoms with E-state index in [1.807, 2.05) is 61.5 Å². The van der Waals surface area contributed by atoms with Gasteiger partial charge < -0.3 is 25.1 Å². The second kappa shape index (κ2) is 16.5. The number of benzene rings is 5. The molecule has 8 rings (SSSR count). The number of anilines is 1. The Labute approximate surface area is 340 Å². The first-order valence-electron chi connectivity index (χ1n) is 18.6. The van der Waals surface area contributed by atoms with Crippen LogP contribution in [0.3, 0.4) is 0 Å². The van der Waals surface area contributed by atoms with Gasteiger partial charge in [0.2, 0.25) is 12.0 Å². The van der Waals surface area contributed by atoms with Gasteiger partial charge in [0.25, 0.3) is 5.91 Å². The van der Waals surface area contributed by atoms with Gasteiger partial charge in [0.15, 0.2) is 0 Å². The van der Waals surface area contributed by atoms with Gasteiger partial charge in [-0.3, -0.25) is 14.5 Å². The Kier molecular flexibility index (Phi) is 11.0. The highest BCUT2D eigenvalue weighted by Crippen LogP contribution is 2.40. The summed E-state index contributed by atoms with van der Waals surface area (Å²) in [6, 6.07) is 33.9. The molecule has 3 heterocycles. The number of imidazole rings is 1. The number of H-pyrrole nitrogens is 1. The molecule has 3 N–H and O–H groups in total. The van der Waals surface area contributed by atoms with Gasteiger partial charge in [0, 0.05) is 30.5 Å². The average molecular weight is 798 g/mol. The van der Waals surface area contributed by atoms with Gasteiger partial charge >= 0.3 is 0 Å². The van der Waals surface area contributed by atoms with Crippen molar-refractivity contribution in [3.8, 4) is 28.7 Å². The summed E-state index contributed by atoms with van der Waals surface area (Å²) < 4.78 is 12.3. The maximum atomic E-state index is 14.0. The van der Waals surface area contributed by atoms with Gasteiger partial charge in [-0.15, -0.1) is 0 Å². The molecule has 0 aliphatic carbocycles. The molecule has 2 aliphatic rings. The van der Waals surface area contributed by atoms with Crippen LogP contribution in [0.15, 0.2) is 116 Å². The highest BCUT2D eigenvalue weighted by molar-refractivity contribution is 6.42. The topological polar surface area (TPSA) is 132 Å². The minimum Gasteiger partial charge on any atom is -0.489 e. The maximum absolute atomic E-state index is 14.0. The van der Waals surface area contributed by atoms with E-state index in [-0.39, 0.29) is 17.9 Å². The number of ether oxygens (including phenoxy) is 2. The Balaban J connectivity index is 0.938. The van der Waals surface area contributed by atoms with E-state index in [9.17, 15) is 9.59 Å². The lowest BCUT2D eigenvalue weighted by Gasteiger charge is -2.37. The third-order valence-corrected chi connectivity index (χ3v) is 11.0. The lowest BCUT2D eigenvalue weighted by Crippen LogP contribution is -2.52. The fourth-order valence-electron chi connectivity index (χ4n) is 7.31. The maximum Gasteiger partial charge on any atom is 0.270 e. The Bertz CT molecular complexity index is 2450. The van der Waals surface area contributed by atoms with E-state index in [4.69, 9.17) is 37.9 Å². The number of nitriles is 1. The Hall–Kier alpha value is -6.12. The number of nitrogens with zero attached hydrogens (tertiary/aromatic N) is 3. The van der Waals surface area contributed by atoms with Crippen LogP contribution in [0.4, 0.5) is 5.69 Å². The third-order valence-electron chi connectivity index (χ3n) is 10.3. The van der Waals surface area contributed by atoms with Crippen LogP contribution in [0.2, 0.25) is 10.0 Å². The van der Waals surface area contributed by atoms with Crippen molar-refractivity contribution in [3.05, 3.63) is 165 Å². The zero-order valence-electron chi connectivity index (χ0n) is 31.0. The van der Waals surface area contributed by atoms with Crippen molar-refractivity contribution in [1.29, 1.82) is 5.26 Å². The van der Waals surface area contributed by atoms with Crippen molar-refractivity contribution in [1.82, 2.24) is 20.2 Å². The first-order valence-corrected chi connectivity index (χ1v) is 19.4. The van der Waals surface area contributed by atoms with Gasteiger partial charge in [0.05, 0.1) is 40.0 Å². The Morgan fingerprint density at radius 3 is 2.40 bits per heavy atom. The fraction of sp³-hybridized carbons (Fsp3) is 0.200. The first-order chi connectivity index (χ1) is 27.7. The number of nitrogens with one attached hydrogen (secondary N) is 3. The number of hydrogen-bond acceptors (Lipinski definition) is 7. The second-order valence-electron chi connectivity index (χ2n) is 14.4. The van der Waals surface area contributed by atoms with Gasteiger partial charge in [-0.05, 0) is 102 Å². The highest BCUT2D eigenvalue weighted by atomic mass is 35.5. The summed E-state index contributed by atoms with van der Waals surface area (Å²) in [6.45, 7) is 3.26. The van der Waals surface area contributed by atoms with E-state index in [2.05, 4.69) is 55.8 Å². The largest absolute Gasteiger partial charge is 0.489 e. The monoisotopic (exact) mass is 796 g/mol. The summed E-state index contributed by atoms with van der Waals surface area (Å²) in [5.74, 6) is 1.61. The van der Waals surface area contributed by atoms with E-state index in [0.29, 0.717) is 70.9 Å². The fourth-order valence-corrected chi connectivity index (χ4v) is 7.63. The van der Waals surface area contributed by atoms with Gasteiger partial charge in [-0.1, -0.05) is 77.8 Å². The molecule has 6 aromatic rings. The molecule has 57 heavy (non-hydrogen) atoms. The van der Waals surface area contributed by atoms with Crippen LogP contribution in [0.25, 0.3) is 11.1 Å². The predicted octanol–water partition coefficient (Wildman–Crippen LogP) is 8.58. The molecule has 1 aromatic heterocycles. The molecule has 3 atom stereocenters. The minimum atomic E-state index is -0.852. The van der Waals surface area contributed by atoms with Crippen molar-refractivity contribution in [3.63, 3.8) is 0 Å². The van der Waals surface area contributed by atoms with Crippen molar-refractivity contribution in [2.24, 2.45) is 0 Å². The van der Waals surface area contributed by atoms with E-state index in [0.717, 1.165) is 39.2 Å². The molecule has 0 radical (unpaired) electrons. The number of fused-ring (bicyclic) bond motifs is 2. The lowest BCUT2D eigenvalue weighted by molar-refractivity contribution is -0.128. The zero-order valence-corrected chi connectivity index (χ0v) is 32.5. The number of halogens is 2. The van der Waals surface area contributed by atoms with Crippen LogP contribution >= 0.6 is 23.2 Å². The number of aromatic nitrogens is 2. The predicted molar refractivity (Wildman–Crippen MR) is 219 cm³/mol. The third kappa shape index (κ3) is 8.66. The van der Waals surface area contributed by atoms with Crippen molar-refractivity contribution < 1.29 is 19.1 Å². The van der Waals surface area contributed by atoms with E-state index in [1.165, 1.54) is 0 Å². The summed E-state index contributed by atoms with van der Waals surface area (Å²) in [5.41, 5.74) is 7.96. The summed E-state index contributed by atoms with van der Waals surface area (Å²) in [5, 5.41) is 16.4. The highest BCUT2D eigenvalue weighted by Gasteiger charge is 2.36. The average Bonchev–Trinajstić information content (AvgIpc) is 3.74. The number of aromatic amines is 1. The summed E-state index contributed by atoms with van der Waals surface area (Å²) in [6.07, 6.45) is 3.74. The van der Waals surface area contributed by atoms with Gasteiger partial charge in [-0.25, -0.2) is 4.98 Å². The normalized spacial score (nSPS) is 16.6. The van der Waals surface area contributed by atoms with Crippen molar-refractivity contribution in [2.75, 3.05) is 5.32 Å². The summed E-state index contributed by atoms with van der Waals surface area (Å²) in [4.78, 5) is 37.1. The molecule has 1 unspecified atom stereocenters. The zero-order chi connectivity index (χ0) is 39.5. The molecule has 0 saturated carbocycles. The molecule has 10 nitrogen and oxygen atoms in total. The molecule has 0 fully saturated rings.